The first-order chi connectivity index (χ1) is 11.6. The van der Waals surface area contributed by atoms with Crippen LogP contribution in [0.3, 0.4) is 0 Å². The Morgan fingerprint density at radius 3 is 2.96 bits per heavy atom. The van der Waals surface area contributed by atoms with Gasteiger partial charge in [-0.2, -0.15) is 0 Å². The fourth-order valence-corrected chi connectivity index (χ4v) is 4.12. The molecule has 0 radical (unpaired) electrons. The number of thiophene rings is 1. The molecule has 0 N–H and O–H groups in total. The number of amides is 1. The fourth-order valence-electron chi connectivity index (χ4n) is 2.54. The predicted molar refractivity (Wildman–Crippen MR) is 94.1 cm³/mol. The summed E-state index contributed by atoms with van der Waals surface area (Å²) in [6, 6.07) is 1.94. The Kier molecular flexibility index (Phi) is 5.68. The Bertz CT molecular complexity index is 726. The third kappa shape index (κ3) is 4.24. The molecular weight excluding hydrogens is 346 g/mol. The lowest BCUT2D eigenvalue weighted by molar-refractivity contribution is -0.150. The van der Waals surface area contributed by atoms with Crippen molar-refractivity contribution >= 4 is 45.2 Å². The summed E-state index contributed by atoms with van der Waals surface area (Å²) in [5.41, 5.74) is 0. The molecule has 3 heterocycles. The van der Waals surface area contributed by atoms with Crippen molar-refractivity contribution in [1.29, 1.82) is 0 Å². The van der Waals surface area contributed by atoms with Crippen LogP contribution in [0.25, 0.3) is 10.2 Å². The van der Waals surface area contributed by atoms with E-state index in [1.165, 1.54) is 29.4 Å². The van der Waals surface area contributed by atoms with E-state index in [0.717, 1.165) is 41.2 Å². The van der Waals surface area contributed by atoms with Crippen LogP contribution in [0.15, 0.2) is 22.8 Å². The Morgan fingerprint density at radius 1 is 1.38 bits per heavy atom. The Balaban J connectivity index is 1.44. The number of esters is 1. The van der Waals surface area contributed by atoms with Crippen molar-refractivity contribution in [1.82, 2.24) is 14.9 Å². The van der Waals surface area contributed by atoms with Gasteiger partial charge in [-0.05, 0) is 30.2 Å². The summed E-state index contributed by atoms with van der Waals surface area (Å²) in [4.78, 5) is 35.0. The molecular formula is C16H19N3O3S2. The van der Waals surface area contributed by atoms with Gasteiger partial charge >= 0.3 is 5.97 Å². The number of thioether (sulfide) groups is 1. The van der Waals surface area contributed by atoms with Crippen LogP contribution in [-0.4, -0.2) is 52.2 Å². The van der Waals surface area contributed by atoms with Gasteiger partial charge in [0.2, 0.25) is 0 Å². The molecule has 1 saturated heterocycles. The number of rotatable bonds is 5. The molecule has 0 atom stereocenters. The molecule has 0 unspecified atom stereocenters. The lowest BCUT2D eigenvalue weighted by Crippen LogP contribution is -2.40. The summed E-state index contributed by atoms with van der Waals surface area (Å²) in [5, 5.41) is 3.65. The van der Waals surface area contributed by atoms with Crippen LogP contribution in [0.5, 0.6) is 0 Å². The second kappa shape index (κ2) is 7.94. The van der Waals surface area contributed by atoms with Gasteiger partial charge in [0.05, 0.1) is 5.75 Å². The zero-order valence-corrected chi connectivity index (χ0v) is 15.1. The Morgan fingerprint density at radius 2 is 2.17 bits per heavy atom. The minimum atomic E-state index is -0.402. The summed E-state index contributed by atoms with van der Waals surface area (Å²) in [5.74, 6) is 0.282. The number of hydrogen-bond acceptors (Lipinski definition) is 7. The molecule has 128 valence electrons. The van der Waals surface area contributed by atoms with E-state index >= 15 is 0 Å². The van der Waals surface area contributed by atoms with E-state index in [2.05, 4.69) is 16.9 Å². The topological polar surface area (TPSA) is 72.4 Å². The number of carbonyl (C=O) groups is 2. The van der Waals surface area contributed by atoms with Gasteiger partial charge in [-0.25, -0.2) is 9.97 Å². The number of hydrogen-bond donors (Lipinski definition) is 0. The van der Waals surface area contributed by atoms with E-state index in [0.29, 0.717) is 5.92 Å². The van der Waals surface area contributed by atoms with Crippen molar-refractivity contribution in [3.63, 3.8) is 0 Å². The van der Waals surface area contributed by atoms with Crippen LogP contribution in [0, 0.1) is 5.92 Å². The molecule has 1 amide bonds. The second-order valence-corrected chi connectivity index (χ2v) is 7.69. The van der Waals surface area contributed by atoms with Gasteiger partial charge in [-0.1, -0.05) is 18.7 Å². The largest absolute Gasteiger partial charge is 0.455 e. The minimum absolute atomic E-state index is 0.109. The highest BCUT2D eigenvalue weighted by atomic mass is 32.2. The van der Waals surface area contributed by atoms with E-state index in [1.54, 1.807) is 4.90 Å². The smallest absolute Gasteiger partial charge is 0.316 e. The molecule has 0 saturated carbocycles. The van der Waals surface area contributed by atoms with Crippen LogP contribution < -0.4 is 0 Å². The zero-order valence-electron chi connectivity index (χ0n) is 13.4. The predicted octanol–water partition coefficient (Wildman–Crippen LogP) is 2.59. The zero-order chi connectivity index (χ0) is 16.9. The summed E-state index contributed by atoms with van der Waals surface area (Å²) in [6.45, 7) is 3.52. The third-order valence-electron chi connectivity index (χ3n) is 4.04. The monoisotopic (exact) mass is 365 g/mol. The lowest BCUT2D eigenvalue weighted by Gasteiger charge is -2.30. The van der Waals surface area contributed by atoms with Crippen LogP contribution >= 0.6 is 23.1 Å². The van der Waals surface area contributed by atoms with Gasteiger partial charge in [0.25, 0.3) is 5.91 Å². The molecule has 8 heteroatoms. The average molecular weight is 365 g/mol. The molecule has 1 aliphatic rings. The molecule has 2 aromatic heterocycles. The number of aromatic nitrogens is 2. The van der Waals surface area contributed by atoms with Crippen LogP contribution in [-0.2, 0) is 14.3 Å². The van der Waals surface area contributed by atoms with Gasteiger partial charge in [0, 0.05) is 18.5 Å². The second-order valence-electron chi connectivity index (χ2n) is 5.83. The van der Waals surface area contributed by atoms with Crippen molar-refractivity contribution in [3.8, 4) is 0 Å². The van der Waals surface area contributed by atoms with E-state index in [1.807, 2.05) is 11.4 Å². The minimum Gasteiger partial charge on any atom is -0.455 e. The number of ether oxygens (including phenoxy) is 1. The van der Waals surface area contributed by atoms with E-state index < -0.39 is 5.97 Å². The van der Waals surface area contributed by atoms with Crippen LogP contribution in [0.2, 0.25) is 0 Å². The van der Waals surface area contributed by atoms with E-state index in [9.17, 15) is 9.59 Å². The first-order valence-electron chi connectivity index (χ1n) is 7.88. The third-order valence-corrected chi connectivity index (χ3v) is 5.84. The maximum atomic E-state index is 12.0. The maximum Gasteiger partial charge on any atom is 0.316 e. The molecule has 0 aliphatic carbocycles. The molecule has 0 bridgehead atoms. The SMILES string of the molecule is CC1CCN(C(=O)COC(=O)CSc2ncnc3sccc23)CC1. The summed E-state index contributed by atoms with van der Waals surface area (Å²) < 4.78 is 5.11. The maximum absolute atomic E-state index is 12.0. The Hall–Kier alpha value is -1.67. The molecule has 24 heavy (non-hydrogen) atoms. The van der Waals surface area contributed by atoms with Crippen molar-refractivity contribution in [2.24, 2.45) is 5.92 Å². The normalized spacial score (nSPS) is 15.6. The standard InChI is InChI=1S/C16H19N3O3S2/c1-11-2-5-19(6-3-11)13(20)8-22-14(21)9-24-16-12-4-7-23-15(12)17-10-18-16/h4,7,10-11H,2-3,5-6,8-9H2,1H3. The Labute approximate surface area is 148 Å². The number of likely N-dealkylation sites (tertiary alicyclic amines) is 1. The summed E-state index contributed by atoms with van der Waals surface area (Å²) in [7, 11) is 0. The molecule has 0 aromatic carbocycles. The summed E-state index contributed by atoms with van der Waals surface area (Å²) >= 11 is 2.84. The highest BCUT2D eigenvalue weighted by Crippen LogP contribution is 2.27. The van der Waals surface area contributed by atoms with Gasteiger partial charge in [0.1, 0.15) is 16.2 Å². The number of piperidine rings is 1. The summed E-state index contributed by atoms with van der Waals surface area (Å²) in [6.07, 6.45) is 3.52. The van der Waals surface area contributed by atoms with Crippen LogP contribution in [0.4, 0.5) is 0 Å². The van der Waals surface area contributed by atoms with Gasteiger partial charge in [-0.3, -0.25) is 9.59 Å². The molecule has 6 nitrogen and oxygen atoms in total. The number of carbonyl (C=O) groups excluding carboxylic acids is 2. The van der Waals surface area contributed by atoms with Crippen molar-refractivity contribution < 1.29 is 14.3 Å². The quantitative estimate of drug-likeness (QED) is 0.461. The molecule has 2 aromatic rings. The average Bonchev–Trinajstić information content (AvgIpc) is 3.07. The molecule has 3 rings (SSSR count). The van der Waals surface area contributed by atoms with Crippen molar-refractivity contribution in [2.45, 2.75) is 24.8 Å². The molecule has 0 spiro atoms. The van der Waals surface area contributed by atoms with Crippen molar-refractivity contribution in [2.75, 3.05) is 25.4 Å². The number of nitrogens with zero attached hydrogens (tertiary/aromatic N) is 3. The first kappa shape index (κ1) is 17.2. The van der Waals surface area contributed by atoms with Gasteiger partial charge < -0.3 is 9.64 Å². The molecule has 1 fully saturated rings. The van der Waals surface area contributed by atoms with E-state index in [4.69, 9.17) is 4.74 Å². The van der Waals surface area contributed by atoms with Gasteiger partial charge in [0.15, 0.2) is 6.61 Å². The van der Waals surface area contributed by atoms with Crippen molar-refractivity contribution in [3.05, 3.63) is 17.8 Å². The van der Waals surface area contributed by atoms with Gasteiger partial charge in [-0.15, -0.1) is 11.3 Å². The highest BCUT2D eigenvalue weighted by Gasteiger charge is 2.21. The lowest BCUT2D eigenvalue weighted by atomic mass is 9.99. The van der Waals surface area contributed by atoms with Crippen LogP contribution in [0.1, 0.15) is 19.8 Å². The fraction of sp³-hybridized carbons (Fsp3) is 0.500. The van der Waals surface area contributed by atoms with E-state index in [-0.39, 0.29) is 18.3 Å². The highest BCUT2D eigenvalue weighted by molar-refractivity contribution is 8.00. The first-order valence-corrected chi connectivity index (χ1v) is 9.74. The molecule has 1 aliphatic heterocycles. The number of fused-ring (bicyclic) bond motifs is 1.